The molecule has 2 aliphatic carbocycles. The standard InChI is InChI=1S/C48H27B8N3O6S2/c1-57-48(29-25(49)16-27(60)35(54)28-23-15-26(50)34(53)39(62)42(65)43(23)66-44(28)29)59-47(22-9-5-8-21(14-22)20-12-10-19(11-13-20)18-6-3-2-4-7-18)58-17-24-32(51)30-31-38(61)41(64)40(63)37(56)46(31)67-45(30)36(55)33(24)52/h2-14,60-65H,1,15-17H2. The Morgan fingerprint density at radius 1 is 0.567 bits per heavy atom. The fourth-order valence-electron chi connectivity index (χ4n) is 8.31. The maximum Gasteiger partial charge on any atom is 0.200 e. The van der Waals surface area contributed by atoms with Crippen molar-refractivity contribution in [1.82, 2.24) is 0 Å². The van der Waals surface area contributed by atoms with Gasteiger partial charge in [0.25, 0.3) is 0 Å². The summed E-state index contributed by atoms with van der Waals surface area (Å²) in [6.07, 6.45) is -0.276. The average Bonchev–Trinajstić information content (AvgIpc) is 3.88. The minimum absolute atomic E-state index is 0.0505. The second-order valence-corrected chi connectivity index (χ2v) is 17.9. The van der Waals surface area contributed by atoms with Crippen LogP contribution in [0.15, 0.2) is 122 Å². The molecule has 0 saturated carbocycles. The third-order valence-corrected chi connectivity index (χ3v) is 14.4. The van der Waals surface area contributed by atoms with Crippen LogP contribution in [0.2, 0.25) is 0 Å². The molecule has 6 N–H and O–H groups in total. The molecule has 7 aromatic rings. The number of amidine groups is 2. The molecule has 67 heavy (non-hydrogen) atoms. The molecule has 306 valence electrons. The number of allylic oxidation sites excluding steroid dienone is 3. The average molecular weight is 892 g/mol. The molecule has 16 radical (unpaired) electrons. The maximum absolute atomic E-state index is 11.3. The fraction of sp³-hybridized carbons (Fsp3) is 0.0625. The van der Waals surface area contributed by atoms with E-state index >= 15 is 0 Å². The monoisotopic (exact) mass is 893 g/mol. The van der Waals surface area contributed by atoms with Gasteiger partial charge in [0, 0.05) is 37.2 Å². The summed E-state index contributed by atoms with van der Waals surface area (Å²) in [7, 11) is 52.1. The Morgan fingerprint density at radius 3 is 1.90 bits per heavy atom. The molecular weight excluding hydrogens is 865 g/mol. The third-order valence-electron chi connectivity index (χ3n) is 11.9. The Kier molecular flexibility index (Phi) is 11.9. The molecule has 0 unspecified atom stereocenters. The van der Waals surface area contributed by atoms with Crippen molar-refractivity contribution in [2.24, 2.45) is 15.0 Å². The third kappa shape index (κ3) is 7.58. The predicted octanol–water partition coefficient (Wildman–Crippen LogP) is 5.06. The number of hydrogen-bond donors (Lipinski definition) is 6. The van der Waals surface area contributed by atoms with E-state index in [2.05, 4.69) is 11.7 Å². The van der Waals surface area contributed by atoms with Gasteiger partial charge in [-0.1, -0.05) is 106 Å². The summed E-state index contributed by atoms with van der Waals surface area (Å²) < 4.78 is 0.585. The van der Waals surface area contributed by atoms with Crippen LogP contribution in [0.1, 0.15) is 38.4 Å². The van der Waals surface area contributed by atoms with Gasteiger partial charge in [-0.25, -0.2) is 9.98 Å². The Hall–Kier alpha value is -6.69. The first-order chi connectivity index (χ1) is 32.0. The molecule has 0 atom stereocenters. The van der Waals surface area contributed by atoms with Crippen molar-refractivity contribution in [1.29, 1.82) is 0 Å². The van der Waals surface area contributed by atoms with Gasteiger partial charge in [0.15, 0.2) is 40.4 Å². The van der Waals surface area contributed by atoms with Crippen molar-refractivity contribution in [3.8, 4) is 39.5 Å². The van der Waals surface area contributed by atoms with Crippen molar-refractivity contribution in [3.05, 3.63) is 139 Å². The number of fused-ring (bicyclic) bond motifs is 6. The zero-order chi connectivity index (χ0) is 47.7. The molecule has 0 spiro atoms. The lowest BCUT2D eigenvalue weighted by atomic mass is 9.71. The van der Waals surface area contributed by atoms with Crippen molar-refractivity contribution < 1.29 is 30.6 Å². The number of phenolic OH excluding ortho intramolecular Hbond substituents is 3. The number of aliphatic hydroxyl groups is 3. The topological polar surface area (TPSA) is 158 Å². The van der Waals surface area contributed by atoms with Gasteiger partial charge in [0.1, 0.15) is 62.8 Å². The number of aromatic hydroxyl groups is 3. The van der Waals surface area contributed by atoms with Gasteiger partial charge in [-0.3, -0.25) is 4.99 Å². The van der Waals surface area contributed by atoms with Gasteiger partial charge in [0.2, 0.25) is 0 Å². The van der Waals surface area contributed by atoms with Gasteiger partial charge >= 0.3 is 0 Å². The number of phenols is 3. The number of aliphatic imine (C=N–C) groups is 3. The van der Waals surface area contributed by atoms with Crippen molar-refractivity contribution in [2.45, 2.75) is 19.4 Å². The minimum atomic E-state index is -0.829. The number of thiophene rings is 2. The lowest BCUT2D eigenvalue weighted by Crippen LogP contribution is -2.36. The van der Waals surface area contributed by atoms with Gasteiger partial charge in [-0.05, 0) is 69.0 Å². The van der Waals surface area contributed by atoms with E-state index in [0.717, 1.165) is 44.9 Å². The van der Waals surface area contributed by atoms with Crippen LogP contribution < -0.4 is 21.9 Å². The molecule has 9 rings (SSSR count). The van der Waals surface area contributed by atoms with Gasteiger partial charge in [-0.2, -0.15) is 0 Å². The molecule has 0 saturated heterocycles. The first kappa shape index (κ1) is 45.5. The highest BCUT2D eigenvalue weighted by molar-refractivity contribution is 7.28. The van der Waals surface area contributed by atoms with Gasteiger partial charge in [0.05, 0.1) is 17.2 Å². The lowest BCUT2D eigenvalue weighted by Gasteiger charge is -2.16. The van der Waals surface area contributed by atoms with E-state index in [1.807, 2.05) is 72.8 Å². The summed E-state index contributed by atoms with van der Waals surface area (Å²) in [5.41, 5.74) is 5.32. The Balaban J connectivity index is 1.24. The largest absolute Gasteiger partial charge is 0.513 e. The highest BCUT2D eigenvalue weighted by Crippen LogP contribution is 2.48. The highest BCUT2D eigenvalue weighted by Gasteiger charge is 2.33. The summed E-state index contributed by atoms with van der Waals surface area (Å²) in [6, 6.07) is 25.5. The molecule has 5 aromatic carbocycles. The first-order valence-corrected chi connectivity index (χ1v) is 21.9. The van der Waals surface area contributed by atoms with E-state index in [4.69, 9.17) is 72.8 Å². The summed E-state index contributed by atoms with van der Waals surface area (Å²) in [5.74, 6) is -3.60. The smallest absolute Gasteiger partial charge is 0.200 e. The lowest BCUT2D eigenvalue weighted by molar-refractivity contribution is 0.373. The second kappa shape index (κ2) is 17.5. The predicted molar refractivity (Wildman–Crippen MR) is 282 cm³/mol. The fourth-order valence-corrected chi connectivity index (χ4v) is 10.9. The van der Waals surface area contributed by atoms with Crippen LogP contribution in [-0.2, 0) is 13.0 Å². The summed E-state index contributed by atoms with van der Waals surface area (Å²) in [4.78, 5) is 14.8. The highest BCUT2D eigenvalue weighted by atomic mass is 32.1. The van der Waals surface area contributed by atoms with E-state index in [1.54, 1.807) is 6.07 Å². The zero-order valence-electron chi connectivity index (χ0n) is 35.3. The Morgan fingerprint density at radius 2 is 1.21 bits per heavy atom. The van der Waals surface area contributed by atoms with Crippen molar-refractivity contribution >= 4 is 163 Å². The zero-order valence-corrected chi connectivity index (χ0v) is 36.9. The molecule has 9 nitrogen and oxygen atoms in total. The normalized spacial score (nSPS) is 14.7. The molecule has 0 aliphatic heterocycles. The van der Waals surface area contributed by atoms with Crippen LogP contribution in [0.4, 0.5) is 0 Å². The summed E-state index contributed by atoms with van der Waals surface area (Å²) >= 11 is 2.03. The second-order valence-electron chi connectivity index (χ2n) is 15.8. The van der Waals surface area contributed by atoms with E-state index in [-0.39, 0.29) is 118 Å². The number of benzene rings is 5. The van der Waals surface area contributed by atoms with Crippen molar-refractivity contribution in [3.63, 3.8) is 0 Å². The molecule has 0 bridgehead atoms. The Bertz CT molecular complexity index is 3500. The minimum Gasteiger partial charge on any atom is -0.513 e. The van der Waals surface area contributed by atoms with Crippen LogP contribution in [0.5, 0.6) is 17.2 Å². The van der Waals surface area contributed by atoms with Gasteiger partial charge in [-0.15, -0.1) is 28.1 Å². The van der Waals surface area contributed by atoms with Crippen molar-refractivity contribution in [2.75, 3.05) is 0 Å². The SMILES string of the molecule is [B]C1=C([B])C(O)=C(O)c2sc3c(c2C1)C([B])=C(O)CC([B])=C3C(N=C)=NC(=NCc1c([B])c([B])c2sc3c([B])c(O)c(O)c(O)c3c2c1[B])c1cccc(-c2ccc(-c3ccccc3)cc2)c1. The van der Waals surface area contributed by atoms with E-state index in [1.165, 1.54) is 0 Å². The van der Waals surface area contributed by atoms with Crippen LogP contribution in [0.25, 0.3) is 59.2 Å². The Labute approximate surface area is 403 Å². The number of nitrogens with zero attached hydrogens (tertiary/aromatic N) is 3. The maximum atomic E-state index is 11.3. The van der Waals surface area contributed by atoms with Crippen LogP contribution in [0, 0.1) is 0 Å². The molecule has 2 aliphatic rings. The molecule has 0 fully saturated rings. The first-order valence-electron chi connectivity index (χ1n) is 20.3. The molecular formula is C48H27B8N3O6S2. The van der Waals surface area contributed by atoms with Crippen LogP contribution >= 0.6 is 22.7 Å². The number of hydrogen-bond acceptors (Lipinski definition) is 9. The van der Waals surface area contributed by atoms with E-state index in [0.29, 0.717) is 20.7 Å². The molecule has 2 aromatic heterocycles. The molecule has 0 amide bonds. The number of aliphatic hydroxyl groups excluding tert-OH is 3. The number of rotatable bonds is 6. The van der Waals surface area contributed by atoms with Crippen LogP contribution in [0.3, 0.4) is 0 Å². The summed E-state index contributed by atoms with van der Waals surface area (Å²) in [6.45, 7) is 3.60. The van der Waals surface area contributed by atoms with Gasteiger partial charge < -0.3 is 30.6 Å². The van der Waals surface area contributed by atoms with Crippen LogP contribution in [-0.4, -0.2) is 112 Å². The van der Waals surface area contributed by atoms with E-state index < -0.39 is 28.8 Å². The van der Waals surface area contributed by atoms with E-state index in [9.17, 15) is 30.6 Å². The summed E-state index contributed by atoms with van der Waals surface area (Å²) in [5, 5.41) is 65.8. The molecule has 2 heterocycles. The quantitative estimate of drug-likeness (QED) is 0.0594. The molecule has 19 heteroatoms.